The maximum atomic E-state index is 12.2. The zero-order valence-electron chi connectivity index (χ0n) is 11.4. The molecule has 0 bridgehead atoms. The van der Waals surface area contributed by atoms with Crippen molar-refractivity contribution in [2.45, 2.75) is 49.1 Å². The van der Waals surface area contributed by atoms with Gasteiger partial charge in [-0.3, -0.25) is 0 Å². The number of aliphatic hydroxyl groups is 1. The lowest BCUT2D eigenvalue weighted by Crippen LogP contribution is -2.20. The SMILES string of the molecule is CC1CCCC(C(O)c2ccc(SC(F)(F)F)cc2)C1. The first-order valence-electron chi connectivity index (χ1n) is 6.89. The summed E-state index contributed by atoms with van der Waals surface area (Å²) in [5.41, 5.74) is -3.55. The summed E-state index contributed by atoms with van der Waals surface area (Å²) < 4.78 is 36.7. The number of rotatable bonds is 3. The Kier molecular flexibility index (Phi) is 5.02. The smallest absolute Gasteiger partial charge is 0.388 e. The number of halogens is 3. The van der Waals surface area contributed by atoms with Crippen molar-refractivity contribution in [3.8, 4) is 0 Å². The Labute approximate surface area is 121 Å². The molecule has 112 valence electrons. The molecule has 1 aliphatic rings. The van der Waals surface area contributed by atoms with Crippen LogP contribution in [0.1, 0.15) is 44.3 Å². The highest BCUT2D eigenvalue weighted by Gasteiger charge is 2.30. The molecule has 3 atom stereocenters. The Morgan fingerprint density at radius 1 is 1.20 bits per heavy atom. The van der Waals surface area contributed by atoms with E-state index in [1.807, 2.05) is 0 Å². The molecule has 0 saturated heterocycles. The van der Waals surface area contributed by atoms with Crippen LogP contribution >= 0.6 is 11.8 Å². The molecule has 0 aliphatic heterocycles. The number of hydrogen-bond acceptors (Lipinski definition) is 2. The van der Waals surface area contributed by atoms with Crippen molar-refractivity contribution in [2.75, 3.05) is 0 Å². The Balaban J connectivity index is 2.01. The van der Waals surface area contributed by atoms with E-state index >= 15 is 0 Å². The predicted octanol–water partition coefficient (Wildman–Crippen LogP) is 5.16. The topological polar surface area (TPSA) is 20.2 Å². The zero-order valence-corrected chi connectivity index (χ0v) is 12.2. The number of benzene rings is 1. The molecule has 1 aliphatic carbocycles. The maximum Gasteiger partial charge on any atom is 0.446 e. The summed E-state index contributed by atoms with van der Waals surface area (Å²) in [7, 11) is 0. The molecule has 0 heterocycles. The van der Waals surface area contributed by atoms with Crippen LogP contribution in [0.15, 0.2) is 29.2 Å². The molecular formula is C15H19F3OS. The van der Waals surface area contributed by atoms with Gasteiger partial charge in [0.1, 0.15) is 0 Å². The summed E-state index contributed by atoms with van der Waals surface area (Å²) in [4.78, 5) is 0.158. The summed E-state index contributed by atoms with van der Waals surface area (Å²) in [5.74, 6) is 0.836. The van der Waals surface area contributed by atoms with Gasteiger partial charge in [0, 0.05) is 4.90 Å². The van der Waals surface area contributed by atoms with Crippen LogP contribution in [-0.2, 0) is 0 Å². The van der Waals surface area contributed by atoms with Gasteiger partial charge in [-0.1, -0.05) is 31.9 Å². The highest BCUT2D eigenvalue weighted by atomic mass is 32.2. The van der Waals surface area contributed by atoms with E-state index in [4.69, 9.17) is 0 Å². The van der Waals surface area contributed by atoms with Gasteiger partial charge in [0.2, 0.25) is 0 Å². The van der Waals surface area contributed by atoms with Gasteiger partial charge in [0.25, 0.3) is 0 Å². The normalized spacial score (nSPS) is 25.4. The molecule has 1 fully saturated rings. The van der Waals surface area contributed by atoms with E-state index in [1.165, 1.54) is 18.6 Å². The largest absolute Gasteiger partial charge is 0.446 e. The van der Waals surface area contributed by atoms with Gasteiger partial charge in [-0.25, -0.2) is 0 Å². The van der Waals surface area contributed by atoms with Crippen molar-refractivity contribution in [2.24, 2.45) is 11.8 Å². The summed E-state index contributed by atoms with van der Waals surface area (Å²) in [6.45, 7) is 2.18. The molecule has 1 aromatic carbocycles. The minimum Gasteiger partial charge on any atom is -0.388 e. The van der Waals surface area contributed by atoms with Crippen molar-refractivity contribution < 1.29 is 18.3 Å². The first-order valence-corrected chi connectivity index (χ1v) is 7.70. The highest BCUT2D eigenvalue weighted by molar-refractivity contribution is 8.00. The Bertz CT molecular complexity index is 430. The fraction of sp³-hybridized carbons (Fsp3) is 0.600. The predicted molar refractivity (Wildman–Crippen MR) is 74.4 cm³/mol. The molecule has 1 aromatic rings. The number of thioether (sulfide) groups is 1. The van der Waals surface area contributed by atoms with E-state index in [0.29, 0.717) is 5.92 Å². The fourth-order valence-corrected chi connectivity index (χ4v) is 3.45. The van der Waals surface area contributed by atoms with Crippen molar-refractivity contribution in [1.82, 2.24) is 0 Å². The maximum absolute atomic E-state index is 12.2. The molecule has 20 heavy (non-hydrogen) atoms. The third kappa shape index (κ3) is 4.42. The second-order valence-corrected chi connectivity index (χ2v) is 6.73. The van der Waals surface area contributed by atoms with Crippen LogP contribution in [0.25, 0.3) is 0 Å². The molecule has 5 heteroatoms. The van der Waals surface area contributed by atoms with Crippen molar-refractivity contribution in [3.63, 3.8) is 0 Å². The molecule has 1 nitrogen and oxygen atoms in total. The van der Waals surface area contributed by atoms with Crippen molar-refractivity contribution in [3.05, 3.63) is 29.8 Å². The van der Waals surface area contributed by atoms with Crippen molar-refractivity contribution in [1.29, 1.82) is 0 Å². The van der Waals surface area contributed by atoms with Gasteiger partial charge in [0.15, 0.2) is 0 Å². The summed E-state index contributed by atoms with van der Waals surface area (Å²) in [6.07, 6.45) is 3.72. The van der Waals surface area contributed by atoms with Gasteiger partial charge < -0.3 is 5.11 Å². The number of alkyl halides is 3. The van der Waals surface area contributed by atoms with Crippen LogP contribution in [0.2, 0.25) is 0 Å². The van der Waals surface area contributed by atoms with Gasteiger partial charge in [-0.2, -0.15) is 13.2 Å². The molecular weight excluding hydrogens is 285 g/mol. The third-order valence-electron chi connectivity index (χ3n) is 3.88. The van der Waals surface area contributed by atoms with E-state index in [-0.39, 0.29) is 22.6 Å². The van der Waals surface area contributed by atoms with Crippen LogP contribution in [-0.4, -0.2) is 10.6 Å². The van der Waals surface area contributed by atoms with Crippen LogP contribution in [0.4, 0.5) is 13.2 Å². The lowest BCUT2D eigenvalue weighted by atomic mass is 9.78. The molecule has 0 spiro atoms. The average molecular weight is 304 g/mol. The minimum atomic E-state index is -4.26. The van der Waals surface area contributed by atoms with Gasteiger partial charge in [-0.15, -0.1) is 0 Å². The second kappa shape index (κ2) is 6.39. The van der Waals surface area contributed by atoms with Crippen LogP contribution in [0, 0.1) is 11.8 Å². The Morgan fingerprint density at radius 2 is 1.85 bits per heavy atom. The Hall–Kier alpha value is -0.680. The van der Waals surface area contributed by atoms with Gasteiger partial charge in [-0.05, 0) is 54.1 Å². The van der Waals surface area contributed by atoms with Crippen LogP contribution in [0.3, 0.4) is 0 Å². The number of hydrogen-bond donors (Lipinski definition) is 1. The van der Waals surface area contributed by atoms with E-state index in [0.717, 1.165) is 24.8 Å². The summed E-state index contributed by atoms with van der Waals surface area (Å²) in [5, 5.41) is 10.4. The van der Waals surface area contributed by atoms with E-state index in [1.54, 1.807) is 12.1 Å². The van der Waals surface area contributed by atoms with E-state index in [2.05, 4.69) is 6.92 Å². The highest BCUT2D eigenvalue weighted by Crippen LogP contribution is 2.39. The first-order chi connectivity index (χ1) is 9.35. The molecule has 0 aromatic heterocycles. The standard InChI is InChI=1S/C15H19F3OS/c1-10-3-2-4-12(9-10)14(19)11-5-7-13(8-6-11)20-15(16,17)18/h5-8,10,12,14,19H,2-4,9H2,1H3. The molecule has 0 radical (unpaired) electrons. The second-order valence-electron chi connectivity index (χ2n) is 5.59. The minimum absolute atomic E-state index is 0.124. The van der Waals surface area contributed by atoms with E-state index in [9.17, 15) is 18.3 Å². The van der Waals surface area contributed by atoms with E-state index < -0.39 is 11.6 Å². The summed E-state index contributed by atoms with van der Waals surface area (Å²) in [6, 6.07) is 6.09. The van der Waals surface area contributed by atoms with Gasteiger partial charge in [0.05, 0.1) is 6.10 Å². The quantitative estimate of drug-likeness (QED) is 0.778. The first kappa shape index (κ1) is 15.7. The molecule has 2 rings (SSSR count). The molecule has 1 saturated carbocycles. The monoisotopic (exact) mass is 304 g/mol. The lowest BCUT2D eigenvalue weighted by molar-refractivity contribution is -0.0328. The summed E-state index contributed by atoms with van der Waals surface area (Å²) >= 11 is -0.124. The van der Waals surface area contributed by atoms with Crippen LogP contribution in [0.5, 0.6) is 0 Å². The third-order valence-corrected chi connectivity index (χ3v) is 4.62. The number of aliphatic hydroxyl groups excluding tert-OH is 1. The van der Waals surface area contributed by atoms with Crippen LogP contribution < -0.4 is 0 Å². The fourth-order valence-electron chi connectivity index (χ4n) is 2.91. The van der Waals surface area contributed by atoms with Gasteiger partial charge >= 0.3 is 5.51 Å². The van der Waals surface area contributed by atoms with Crippen molar-refractivity contribution >= 4 is 11.8 Å². The Morgan fingerprint density at radius 3 is 2.40 bits per heavy atom. The molecule has 3 unspecified atom stereocenters. The average Bonchev–Trinajstić information content (AvgIpc) is 2.37. The lowest BCUT2D eigenvalue weighted by Gasteiger charge is -2.30. The zero-order chi connectivity index (χ0) is 14.8. The molecule has 1 N–H and O–H groups in total. The molecule has 0 amide bonds.